The van der Waals surface area contributed by atoms with Crippen LogP contribution in [0.1, 0.15) is 16.7 Å². The maximum atomic E-state index is 13.2. The van der Waals surface area contributed by atoms with Gasteiger partial charge in [0.1, 0.15) is 17.9 Å². The van der Waals surface area contributed by atoms with Crippen molar-refractivity contribution in [2.45, 2.75) is 13.5 Å². The average molecular weight is 595 g/mol. The number of anilines is 1. The molecule has 4 rings (SSSR count). The number of benzene rings is 3. The average Bonchev–Trinajstić information content (AvgIpc) is 2.79. The van der Waals surface area contributed by atoms with Crippen molar-refractivity contribution < 1.29 is 19.1 Å². The monoisotopic (exact) mass is 592 g/mol. The maximum Gasteiger partial charge on any atom is 0.335 e. The van der Waals surface area contributed by atoms with Gasteiger partial charge in [0.25, 0.3) is 11.8 Å². The molecule has 10 heteroatoms. The lowest BCUT2D eigenvalue weighted by Crippen LogP contribution is -2.54. The number of urea groups is 1. The van der Waals surface area contributed by atoms with Crippen molar-refractivity contribution in [3.8, 4) is 5.75 Å². The zero-order chi connectivity index (χ0) is 25.3. The lowest BCUT2D eigenvalue weighted by Gasteiger charge is -2.27. The first kappa shape index (κ1) is 25.3. The van der Waals surface area contributed by atoms with Gasteiger partial charge in [-0.1, -0.05) is 53.0 Å². The van der Waals surface area contributed by atoms with Gasteiger partial charge in [0.2, 0.25) is 0 Å². The number of barbiturate groups is 1. The summed E-state index contributed by atoms with van der Waals surface area (Å²) in [4.78, 5) is 39.0. The Bertz CT molecular complexity index is 1410. The molecule has 3 aromatic rings. The molecule has 3 aromatic carbocycles. The Morgan fingerprint density at radius 2 is 1.69 bits per heavy atom. The van der Waals surface area contributed by atoms with E-state index in [1.807, 2.05) is 0 Å². The molecule has 1 N–H and O–H groups in total. The number of nitrogens with one attached hydrogen (secondary N) is 1. The lowest BCUT2D eigenvalue weighted by atomic mass is 10.1. The second-order valence-corrected chi connectivity index (χ2v) is 9.74. The van der Waals surface area contributed by atoms with Crippen LogP contribution in [0.2, 0.25) is 15.1 Å². The number of carbonyl (C=O) groups excluding carboxylic acids is 3. The van der Waals surface area contributed by atoms with Crippen LogP contribution in [-0.4, -0.2) is 17.8 Å². The maximum absolute atomic E-state index is 13.2. The molecule has 1 saturated heterocycles. The van der Waals surface area contributed by atoms with Gasteiger partial charge in [-0.2, -0.15) is 0 Å². The summed E-state index contributed by atoms with van der Waals surface area (Å²) < 4.78 is 6.43. The largest absolute Gasteiger partial charge is 0.488 e. The van der Waals surface area contributed by atoms with Crippen molar-refractivity contribution in [3.05, 3.63) is 96.4 Å². The van der Waals surface area contributed by atoms with E-state index in [1.54, 1.807) is 55.5 Å². The van der Waals surface area contributed by atoms with Crippen LogP contribution in [0.5, 0.6) is 5.75 Å². The highest BCUT2D eigenvalue weighted by molar-refractivity contribution is 9.10. The van der Waals surface area contributed by atoms with Crippen LogP contribution in [0.4, 0.5) is 10.5 Å². The topological polar surface area (TPSA) is 75.7 Å². The number of carbonyl (C=O) groups is 3. The molecule has 0 atom stereocenters. The SMILES string of the molecule is Cc1ccc(Cl)cc1N1C(=O)NC(=O)/C(=C\c2ccc(OCc3ccc(Cl)cc3Cl)c(Br)c2)C1=O. The molecular formula is C25H16BrCl3N2O4. The highest BCUT2D eigenvalue weighted by Gasteiger charge is 2.37. The molecule has 0 saturated carbocycles. The second kappa shape index (κ2) is 10.4. The molecule has 1 fully saturated rings. The summed E-state index contributed by atoms with van der Waals surface area (Å²) in [5.74, 6) is -1.01. The Kier molecular flexibility index (Phi) is 7.52. The van der Waals surface area contributed by atoms with E-state index in [2.05, 4.69) is 21.2 Å². The standard InChI is InChI=1S/C25H16BrCl3N2O4/c1-13-2-5-17(28)11-21(13)31-24(33)18(23(32)30-25(31)34)8-14-3-7-22(19(26)9-14)35-12-15-4-6-16(27)10-20(15)29/h2-11H,12H2,1H3,(H,30,32,34)/b18-8+. The molecule has 1 heterocycles. The second-order valence-electron chi connectivity index (χ2n) is 7.60. The minimum absolute atomic E-state index is 0.197. The molecule has 0 spiro atoms. The first-order chi connectivity index (χ1) is 16.6. The highest BCUT2D eigenvalue weighted by atomic mass is 79.9. The van der Waals surface area contributed by atoms with E-state index in [1.165, 1.54) is 12.1 Å². The third-order valence-corrected chi connectivity index (χ3v) is 6.62. The zero-order valence-electron chi connectivity index (χ0n) is 18.1. The van der Waals surface area contributed by atoms with E-state index >= 15 is 0 Å². The Hall–Kier alpha value is -2.84. The van der Waals surface area contributed by atoms with Crippen LogP contribution in [-0.2, 0) is 16.2 Å². The molecule has 0 unspecified atom stereocenters. The third kappa shape index (κ3) is 5.54. The molecule has 0 bridgehead atoms. The van der Waals surface area contributed by atoms with Gasteiger partial charge in [-0.05, 0) is 76.5 Å². The fourth-order valence-corrected chi connectivity index (χ4v) is 4.52. The molecule has 1 aliphatic heterocycles. The van der Waals surface area contributed by atoms with Gasteiger partial charge in [0.05, 0.1) is 10.2 Å². The van der Waals surface area contributed by atoms with Crippen molar-refractivity contribution >= 4 is 80.3 Å². The van der Waals surface area contributed by atoms with Crippen molar-refractivity contribution in [2.24, 2.45) is 0 Å². The molecule has 4 amide bonds. The summed E-state index contributed by atoms with van der Waals surface area (Å²) in [7, 11) is 0. The molecule has 178 valence electrons. The minimum atomic E-state index is -0.840. The fraction of sp³-hybridized carbons (Fsp3) is 0.0800. The Labute approximate surface area is 224 Å². The lowest BCUT2D eigenvalue weighted by molar-refractivity contribution is -0.122. The number of halogens is 4. The predicted octanol–water partition coefficient (Wildman–Crippen LogP) is 6.96. The van der Waals surface area contributed by atoms with Crippen LogP contribution in [0.3, 0.4) is 0 Å². The molecule has 35 heavy (non-hydrogen) atoms. The highest BCUT2D eigenvalue weighted by Crippen LogP contribution is 2.31. The van der Waals surface area contributed by atoms with Gasteiger partial charge >= 0.3 is 6.03 Å². The summed E-state index contributed by atoms with van der Waals surface area (Å²) in [6, 6.07) is 14.2. The number of hydrogen-bond donors (Lipinski definition) is 1. The quantitative estimate of drug-likeness (QED) is 0.256. The molecule has 0 radical (unpaired) electrons. The Morgan fingerprint density at radius 1 is 0.971 bits per heavy atom. The van der Waals surface area contributed by atoms with Crippen LogP contribution < -0.4 is 15.0 Å². The van der Waals surface area contributed by atoms with Crippen molar-refractivity contribution in [2.75, 3.05) is 4.90 Å². The van der Waals surface area contributed by atoms with Crippen LogP contribution in [0, 0.1) is 6.92 Å². The molecule has 1 aliphatic rings. The Balaban J connectivity index is 1.58. The summed E-state index contributed by atoms with van der Waals surface area (Å²) in [6.07, 6.45) is 1.40. The van der Waals surface area contributed by atoms with Crippen molar-refractivity contribution in [1.82, 2.24) is 5.32 Å². The fourth-order valence-electron chi connectivity index (χ4n) is 3.38. The number of hydrogen-bond acceptors (Lipinski definition) is 4. The van der Waals surface area contributed by atoms with E-state index in [4.69, 9.17) is 39.5 Å². The number of ether oxygens (including phenoxy) is 1. The molecule has 0 aliphatic carbocycles. The van der Waals surface area contributed by atoms with E-state index in [9.17, 15) is 14.4 Å². The van der Waals surface area contributed by atoms with Crippen LogP contribution >= 0.6 is 50.7 Å². The molecule has 0 aromatic heterocycles. The van der Waals surface area contributed by atoms with Gasteiger partial charge in [-0.25, -0.2) is 9.69 Å². The smallest absolute Gasteiger partial charge is 0.335 e. The van der Waals surface area contributed by atoms with E-state index in [-0.39, 0.29) is 12.2 Å². The predicted molar refractivity (Wildman–Crippen MR) is 140 cm³/mol. The number of aryl methyl sites for hydroxylation is 1. The molecular weight excluding hydrogens is 579 g/mol. The number of nitrogens with zero attached hydrogens (tertiary/aromatic N) is 1. The van der Waals surface area contributed by atoms with Gasteiger partial charge in [0.15, 0.2) is 0 Å². The third-order valence-electron chi connectivity index (χ3n) is 5.18. The van der Waals surface area contributed by atoms with E-state index in [0.717, 1.165) is 10.5 Å². The van der Waals surface area contributed by atoms with E-state index < -0.39 is 17.8 Å². The molecule has 6 nitrogen and oxygen atoms in total. The van der Waals surface area contributed by atoms with Crippen molar-refractivity contribution in [3.63, 3.8) is 0 Å². The minimum Gasteiger partial charge on any atom is -0.488 e. The number of amides is 4. The van der Waals surface area contributed by atoms with Crippen LogP contribution in [0.15, 0.2) is 64.6 Å². The van der Waals surface area contributed by atoms with Gasteiger partial charge < -0.3 is 4.74 Å². The van der Waals surface area contributed by atoms with E-state index in [0.29, 0.717) is 42.1 Å². The first-order valence-corrected chi connectivity index (χ1v) is 12.1. The summed E-state index contributed by atoms with van der Waals surface area (Å²) in [6.45, 7) is 1.95. The normalized spacial score (nSPS) is 14.9. The summed E-state index contributed by atoms with van der Waals surface area (Å²) >= 11 is 21.6. The Morgan fingerprint density at radius 3 is 2.40 bits per heavy atom. The van der Waals surface area contributed by atoms with Crippen LogP contribution in [0.25, 0.3) is 6.08 Å². The summed E-state index contributed by atoms with van der Waals surface area (Å²) in [5.41, 5.74) is 2.06. The summed E-state index contributed by atoms with van der Waals surface area (Å²) in [5, 5.41) is 3.58. The van der Waals surface area contributed by atoms with Gasteiger partial charge in [0, 0.05) is 20.6 Å². The first-order valence-electron chi connectivity index (χ1n) is 10.2. The van der Waals surface area contributed by atoms with Crippen molar-refractivity contribution in [1.29, 1.82) is 0 Å². The zero-order valence-corrected chi connectivity index (χ0v) is 21.9. The van der Waals surface area contributed by atoms with Gasteiger partial charge in [-0.3, -0.25) is 14.9 Å². The number of rotatable bonds is 5. The van der Waals surface area contributed by atoms with Gasteiger partial charge in [-0.15, -0.1) is 0 Å². The number of imide groups is 2.